The van der Waals surface area contributed by atoms with Gasteiger partial charge in [0, 0.05) is 6.42 Å². The minimum atomic E-state index is -0.410. The smallest absolute Gasteiger partial charge is 0.130 e. The van der Waals surface area contributed by atoms with Crippen LogP contribution in [0.1, 0.15) is 40.0 Å². The van der Waals surface area contributed by atoms with Crippen LogP contribution >= 0.6 is 0 Å². The molecule has 14 heavy (non-hydrogen) atoms. The van der Waals surface area contributed by atoms with Gasteiger partial charge in [0.1, 0.15) is 5.78 Å². The number of hydrogen-bond donors (Lipinski definition) is 1. The van der Waals surface area contributed by atoms with Gasteiger partial charge in [-0.05, 0) is 36.7 Å². The molecule has 1 fully saturated rings. The fraction of sp³-hybridized carbons (Fsp3) is 0.750. The van der Waals surface area contributed by atoms with Crippen LogP contribution in [-0.4, -0.2) is 17.0 Å². The predicted molar refractivity (Wildman–Crippen MR) is 56.9 cm³/mol. The number of carbonyl (C=O) groups excluding carboxylic acids is 1. The zero-order valence-electron chi connectivity index (χ0n) is 9.34. The third-order valence-corrected chi connectivity index (χ3v) is 3.37. The lowest BCUT2D eigenvalue weighted by Crippen LogP contribution is -2.37. The van der Waals surface area contributed by atoms with Crippen LogP contribution in [0.3, 0.4) is 0 Å². The van der Waals surface area contributed by atoms with Crippen LogP contribution in [0.25, 0.3) is 0 Å². The third kappa shape index (κ3) is 2.24. The molecule has 0 saturated heterocycles. The monoisotopic (exact) mass is 196 g/mol. The van der Waals surface area contributed by atoms with E-state index >= 15 is 0 Å². The third-order valence-electron chi connectivity index (χ3n) is 3.37. The molecule has 0 aromatic rings. The van der Waals surface area contributed by atoms with Gasteiger partial charge in [0.15, 0.2) is 0 Å². The van der Waals surface area contributed by atoms with E-state index in [1.54, 1.807) is 6.92 Å². The van der Waals surface area contributed by atoms with E-state index in [0.29, 0.717) is 6.42 Å². The van der Waals surface area contributed by atoms with Gasteiger partial charge in [0.2, 0.25) is 0 Å². The first kappa shape index (κ1) is 11.4. The molecule has 1 saturated carbocycles. The molecular formula is C12H20O2. The largest absolute Gasteiger partial charge is 0.389 e. The molecule has 0 bridgehead atoms. The molecule has 0 amide bonds. The van der Waals surface area contributed by atoms with Gasteiger partial charge in [-0.25, -0.2) is 0 Å². The summed E-state index contributed by atoms with van der Waals surface area (Å²) < 4.78 is 0. The van der Waals surface area contributed by atoms with Crippen LogP contribution in [0.15, 0.2) is 12.2 Å². The Labute approximate surface area is 86.0 Å². The Morgan fingerprint density at radius 2 is 2.21 bits per heavy atom. The molecule has 0 spiro atoms. The molecule has 0 radical (unpaired) electrons. The van der Waals surface area contributed by atoms with Crippen molar-refractivity contribution in [3.8, 4) is 0 Å². The molecule has 1 aliphatic carbocycles. The summed E-state index contributed by atoms with van der Waals surface area (Å²) in [5, 5.41) is 9.68. The molecule has 2 nitrogen and oxygen atoms in total. The van der Waals surface area contributed by atoms with Gasteiger partial charge in [0.05, 0.1) is 6.10 Å². The number of ketones is 1. The van der Waals surface area contributed by atoms with E-state index in [1.165, 1.54) is 0 Å². The molecule has 80 valence electrons. The maximum absolute atomic E-state index is 11.1. The van der Waals surface area contributed by atoms with E-state index in [0.717, 1.165) is 18.4 Å². The van der Waals surface area contributed by atoms with Crippen molar-refractivity contribution in [3.05, 3.63) is 12.2 Å². The molecule has 1 rings (SSSR count). The maximum atomic E-state index is 11.1. The van der Waals surface area contributed by atoms with Crippen molar-refractivity contribution < 1.29 is 9.90 Å². The highest BCUT2D eigenvalue weighted by Crippen LogP contribution is 2.44. The zero-order chi connectivity index (χ0) is 10.9. The zero-order valence-corrected chi connectivity index (χ0v) is 9.34. The summed E-state index contributed by atoms with van der Waals surface area (Å²) in [6, 6.07) is 0. The minimum absolute atomic E-state index is 0.0992. The summed E-state index contributed by atoms with van der Waals surface area (Å²) in [4.78, 5) is 11.1. The van der Waals surface area contributed by atoms with Crippen molar-refractivity contribution in [2.24, 2.45) is 11.3 Å². The van der Waals surface area contributed by atoms with Gasteiger partial charge < -0.3 is 9.90 Å². The molecule has 0 aliphatic heterocycles. The van der Waals surface area contributed by atoms with E-state index in [2.05, 4.69) is 20.4 Å². The summed E-state index contributed by atoms with van der Waals surface area (Å²) in [5.41, 5.74) is 0.943. The van der Waals surface area contributed by atoms with E-state index in [4.69, 9.17) is 0 Å². The number of Topliss-reactive ketones (excluding diaryl/α,β-unsaturated/α-hetero) is 1. The average Bonchev–Trinajstić information content (AvgIpc) is 2.06. The second-order valence-electron chi connectivity index (χ2n) is 5.08. The first-order valence-corrected chi connectivity index (χ1v) is 5.21. The number of carbonyl (C=O) groups is 1. The highest BCUT2D eigenvalue weighted by Gasteiger charge is 2.38. The van der Waals surface area contributed by atoms with Crippen molar-refractivity contribution >= 4 is 5.78 Å². The lowest BCUT2D eigenvalue weighted by atomic mass is 9.64. The van der Waals surface area contributed by atoms with Gasteiger partial charge in [-0.15, -0.1) is 0 Å². The Balaban J connectivity index is 2.83. The molecule has 2 atom stereocenters. The van der Waals surface area contributed by atoms with Crippen molar-refractivity contribution in [1.29, 1.82) is 0 Å². The average molecular weight is 196 g/mol. The Hall–Kier alpha value is -0.630. The fourth-order valence-electron chi connectivity index (χ4n) is 2.30. The van der Waals surface area contributed by atoms with Crippen LogP contribution < -0.4 is 0 Å². The SMILES string of the molecule is C=C1C(O)CCC(C)(C)C1CC(C)=O. The van der Waals surface area contributed by atoms with E-state index in [1.807, 2.05) is 0 Å². The summed E-state index contributed by atoms with van der Waals surface area (Å²) >= 11 is 0. The van der Waals surface area contributed by atoms with Gasteiger partial charge >= 0.3 is 0 Å². The Kier molecular flexibility index (Phi) is 3.15. The Morgan fingerprint density at radius 1 is 1.64 bits per heavy atom. The Morgan fingerprint density at radius 3 is 2.71 bits per heavy atom. The van der Waals surface area contributed by atoms with Crippen LogP contribution in [0, 0.1) is 11.3 Å². The van der Waals surface area contributed by atoms with Gasteiger partial charge in [0.25, 0.3) is 0 Å². The van der Waals surface area contributed by atoms with Gasteiger partial charge in [-0.2, -0.15) is 0 Å². The van der Waals surface area contributed by atoms with Crippen LogP contribution in [0.5, 0.6) is 0 Å². The quantitative estimate of drug-likeness (QED) is 0.688. The summed E-state index contributed by atoms with van der Waals surface area (Å²) in [5.74, 6) is 0.321. The van der Waals surface area contributed by atoms with Crippen LogP contribution in [0.4, 0.5) is 0 Å². The molecule has 0 aromatic carbocycles. The molecule has 2 heteroatoms. The number of rotatable bonds is 2. The predicted octanol–water partition coefficient (Wildman–Crippen LogP) is 2.32. The Bertz CT molecular complexity index is 253. The number of aliphatic hydroxyl groups is 1. The van der Waals surface area contributed by atoms with Crippen LogP contribution in [-0.2, 0) is 4.79 Å². The first-order chi connectivity index (χ1) is 6.34. The summed E-state index contributed by atoms with van der Waals surface area (Å²) in [7, 11) is 0. The highest BCUT2D eigenvalue weighted by molar-refractivity contribution is 5.76. The van der Waals surface area contributed by atoms with Gasteiger partial charge in [-0.1, -0.05) is 20.4 Å². The molecular weight excluding hydrogens is 176 g/mol. The molecule has 0 aromatic heterocycles. The molecule has 1 aliphatic rings. The van der Waals surface area contributed by atoms with E-state index in [9.17, 15) is 9.90 Å². The first-order valence-electron chi connectivity index (χ1n) is 5.21. The second-order valence-corrected chi connectivity index (χ2v) is 5.08. The molecule has 0 heterocycles. The summed E-state index contributed by atoms with van der Waals surface area (Å²) in [6.45, 7) is 9.83. The second kappa shape index (κ2) is 3.85. The van der Waals surface area contributed by atoms with E-state index < -0.39 is 6.10 Å². The summed E-state index contributed by atoms with van der Waals surface area (Å²) in [6.07, 6.45) is 1.85. The fourth-order valence-corrected chi connectivity index (χ4v) is 2.30. The molecule has 1 N–H and O–H groups in total. The standard InChI is InChI=1S/C12H20O2/c1-8(13)7-10-9(2)11(14)5-6-12(10,3)4/h10-11,14H,2,5-7H2,1,3-4H3. The van der Waals surface area contributed by atoms with Crippen molar-refractivity contribution in [3.63, 3.8) is 0 Å². The lowest BCUT2D eigenvalue weighted by molar-refractivity contribution is -0.118. The normalized spacial score (nSPS) is 31.6. The molecule has 2 unspecified atom stereocenters. The van der Waals surface area contributed by atoms with Gasteiger partial charge in [-0.3, -0.25) is 0 Å². The minimum Gasteiger partial charge on any atom is -0.389 e. The van der Waals surface area contributed by atoms with Crippen molar-refractivity contribution in [2.75, 3.05) is 0 Å². The number of hydrogen-bond acceptors (Lipinski definition) is 2. The highest BCUT2D eigenvalue weighted by atomic mass is 16.3. The lowest BCUT2D eigenvalue weighted by Gasteiger charge is -2.42. The topological polar surface area (TPSA) is 37.3 Å². The maximum Gasteiger partial charge on any atom is 0.130 e. The van der Waals surface area contributed by atoms with E-state index in [-0.39, 0.29) is 17.1 Å². The van der Waals surface area contributed by atoms with Crippen LogP contribution in [0.2, 0.25) is 0 Å². The van der Waals surface area contributed by atoms with Crippen molar-refractivity contribution in [2.45, 2.75) is 46.1 Å². The number of aliphatic hydroxyl groups excluding tert-OH is 1. The van der Waals surface area contributed by atoms with Crippen molar-refractivity contribution in [1.82, 2.24) is 0 Å².